The number of benzene rings is 1. The lowest BCUT2D eigenvalue weighted by Crippen LogP contribution is -2.37. The molecule has 0 saturated heterocycles. The van der Waals surface area contributed by atoms with Crippen molar-refractivity contribution in [3.63, 3.8) is 0 Å². The maximum absolute atomic E-state index is 11.8. The molecule has 0 bridgehead atoms. The van der Waals surface area contributed by atoms with Crippen LogP contribution in [-0.2, 0) is 9.53 Å². The highest BCUT2D eigenvalue weighted by atomic mass is 79.9. The highest BCUT2D eigenvalue weighted by molar-refractivity contribution is 9.10. The molecule has 6 nitrogen and oxygen atoms in total. The molecule has 0 fully saturated rings. The molecule has 0 spiro atoms. The Labute approximate surface area is 136 Å². The molecule has 1 rings (SSSR count). The number of phenolic OH excluding ortho intramolecular Hbond substituents is 1. The third-order valence-electron chi connectivity index (χ3n) is 3.16. The van der Waals surface area contributed by atoms with Crippen LogP contribution in [0.3, 0.4) is 0 Å². The van der Waals surface area contributed by atoms with Crippen molar-refractivity contribution in [1.29, 1.82) is 0 Å². The minimum Gasteiger partial charge on any atom is -0.506 e. The number of esters is 1. The van der Waals surface area contributed by atoms with Crippen LogP contribution in [0.15, 0.2) is 16.6 Å². The smallest absolute Gasteiger partial charge is 0.335 e. The molecule has 0 aromatic heterocycles. The Kier molecular flexibility index (Phi) is 6.66. The van der Waals surface area contributed by atoms with E-state index >= 15 is 0 Å². The fraction of sp³-hybridized carbons (Fsp3) is 0.385. The zero-order chi connectivity index (χ0) is 15.7. The monoisotopic (exact) mass is 381 g/mol. The Morgan fingerprint density at radius 1 is 1.38 bits per heavy atom. The second-order valence-electron chi connectivity index (χ2n) is 4.89. The van der Waals surface area contributed by atoms with Crippen LogP contribution in [0.2, 0.25) is 0 Å². The molecule has 0 radical (unpaired) electrons. The molecule has 0 aliphatic rings. The SMILES string of the molecule is COC(=O)C(C)(C)[C@@H](N)c1cc(C(=O)O)cc(Br)c1O.Cl. The van der Waals surface area contributed by atoms with Gasteiger partial charge in [-0.05, 0) is 41.9 Å². The first-order valence-electron chi connectivity index (χ1n) is 5.72. The molecule has 0 aliphatic carbocycles. The van der Waals surface area contributed by atoms with Crippen molar-refractivity contribution in [2.75, 3.05) is 7.11 Å². The van der Waals surface area contributed by atoms with Gasteiger partial charge >= 0.3 is 11.9 Å². The Bertz CT molecular complexity index is 562. The van der Waals surface area contributed by atoms with Crippen molar-refractivity contribution in [3.8, 4) is 5.75 Å². The summed E-state index contributed by atoms with van der Waals surface area (Å²) in [7, 11) is 1.24. The maximum Gasteiger partial charge on any atom is 0.335 e. The normalized spacial score (nSPS) is 12.2. The first-order valence-corrected chi connectivity index (χ1v) is 6.52. The van der Waals surface area contributed by atoms with E-state index in [1.807, 2.05) is 0 Å². The van der Waals surface area contributed by atoms with Crippen LogP contribution in [0.1, 0.15) is 35.8 Å². The van der Waals surface area contributed by atoms with Gasteiger partial charge in [-0.2, -0.15) is 0 Å². The van der Waals surface area contributed by atoms with E-state index in [1.165, 1.54) is 19.2 Å². The average Bonchev–Trinajstić information content (AvgIpc) is 2.39. The van der Waals surface area contributed by atoms with Gasteiger partial charge < -0.3 is 20.7 Å². The summed E-state index contributed by atoms with van der Waals surface area (Å²) < 4.78 is 4.87. The summed E-state index contributed by atoms with van der Waals surface area (Å²) in [5.41, 5.74) is 5.01. The lowest BCUT2D eigenvalue weighted by Gasteiger charge is -2.29. The molecule has 0 aliphatic heterocycles. The summed E-state index contributed by atoms with van der Waals surface area (Å²) >= 11 is 3.07. The van der Waals surface area contributed by atoms with Crippen LogP contribution >= 0.6 is 28.3 Å². The molecule has 118 valence electrons. The van der Waals surface area contributed by atoms with E-state index in [0.717, 1.165) is 0 Å². The van der Waals surface area contributed by atoms with E-state index in [2.05, 4.69) is 20.7 Å². The molecule has 4 N–H and O–H groups in total. The largest absolute Gasteiger partial charge is 0.506 e. The van der Waals surface area contributed by atoms with Crippen LogP contribution in [0.5, 0.6) is 5.75 Å². The fourth-order valence-corrected chi connectivity index (χ4v) is 2.24. The second kappa shape index (κ2) is 7.11. The zero-order valence-electron chi connectivity index (χ0n) is 11.7. The Hall–Kier alpha value is -1.31. The molecule has 21 heavy (non-hydrogen) atoms. The van der Waals surface area contributed by atoms with Crippen LogP contribution in [-0.4, -0.2) is 29.3 Å². The summed E-state index contributed by atoms with van der Waals surface area (Å²) in [5, 5.41) is 19.0. The second-order valence-corrected chi connectivity index (χ2v) is 5.75. The number of methoxy groups -OCH3 is 1. The van der Waals surface area contributed by atoms with Crippen molar-refractivity contribution >= 4 is 40.3 Å². The predicted octanol–water partition coefficient (Wildman–Crippen LogP) is 2.47. The molecule has 1 atom stereocenters. The van der Waals surface area contributed by atoms with Crippen molar-refractivity contribution < 1.29 is 24.5 Å². The van der Waals surface area contributed by atoms with Crippen LogP contribution in [0.25, 0.3) is 0 Å². The van der Waals surface area contributed by atoms with Gasteiger partial charge in [0.25, 0.3) is 0 Å². The predicted molar refractivity (Wildman–Crippen MR) is 82.7 cm³/mol. The number of hydrogen-bond acceptors (Lipinski definition) is 5. The van der Waals surface area contributed by atoms with Gasteiger partial charge in [-0.3, -0.25) is 4.79 Å². The number of halogens is 2. The van der Waals surface area contributed by atoms with Crippen molar-refractivity contribution in [3.05, 3.63) is 27.7 Å². The molecule has 0 amide bonds. The van der Waals surface area contributed by atoms with Crippen molar-refractivity contribution in [2.24, 2.45) is 11.1 Å². The number of carboxylic acid groups (broad SMARTS) is 1. The molecule has 0 heterocycles. The van der Waals surface area contributed by atoms with E-state index in [9.17, 15) is 14.7 Å². The van der Waals surface area contributed by atoms with E-state index < -0.39 is 23.4 Å². The van der Waals surface area contributed by atoms with Crippen LogP contribution < -0.4 is 5.73 Å². The Morgan fingerprint density at radius 2 is 1.90 bits per heavy atom. The van der Waals surface area contributed by atoms with Crippen molar-refractivity contribution in [2.45, 2.75) is 19.9 Å². The third-order valence-corrected chi connectivity index (χ3v) is 3.77. The number of carbonyl (C=O) groups excluding carboxylic acids is 1. The number of ether oxygens (including phenoxy) is 1. The van der Waals surface area contributed by atoms with Gasteiger partial charge in [0.1, 0.15) is 5.75 Å². The number of carbonyl (C=O) groups is 2. The van der Waals surface area contributed by atoms with Gasteiger partial charge in [-0.15, -0.1) is 12.4 Å². The first kappa shape index (κ1) is 19.7. The van der Waals surface area contributed by atoms with Gasteiger partial charge in [-0.25, -0.2) is 4.79 Å². The minimum atomic E-state index is -1.16. The van der Waals surface area contributed by atoms with Gasteiger partial charge in [0.15, 0.2) is 0 Å². The number of phenols is 1. The van der Waals surface area contributed by atoms with Gasteiger partial charge in [0, 0.05) is 11.6 Å². The molecule has 0 saturated carbocycles. The van der Waals surface area contributed by atoms with Gasteiger partial charge in [0.2, 0.25) is 0 Å². The summed E-state index contributed by atoms with van der Waals surface area (Å²) in [4.78, 5) is 22.8. The van der Waals surface area contributed by atoms with E-state index in [0.29, 0.717) is 0 Å². The number of nitrogens with two attached hydrogens (primary N) is 1. The molecule has 8 heteroatoms. The van der Waals surface area contributed by atoms with Crippen molar-refractivity contribution in [1.82, 2.24) is 0 Å². The summed E-state index contributed by atoms with van der Waals surface area (Å²) in [5.74, 6) is -1.91. The lowest BCUT2D eigenvalue weighted by molar-refractivity contribution is -0.152. The zero-order valence-corrected chi connectivity index (χ0v) is 14.1. The van der Waals surface area contributed by atoms with Crippen LogP contribution in [0.4, 0.5) is 0 Å². The highest BCUT2D eigenvalue weighted by Crippen LogP contribution is 2.40. The number of rotatable bonds is 4. The standard InChI is InChI=1S/C13H16BrNO5.ClH/c1-13(2,12(19)20-3)10(15)7-4-6(11(17)18)5-8(14)9(7)16;/h4-5,10,16H,15H2,1-3H3,(H,17,18);1H/t10-;/m0./s1. The number of carboxylic acids is 1. The third kappa shape index (κ3) is 3.87. The fourth-order valence-electron chi connectivity index (χ4n) is 1.76. The molecular formula is C13H17BrClNO5. The van der Waals surface area contributed by atoms with E-state index in [4.69, 9.17) is 10.8 Å². The summed E-state index contributed by atoms with van der Waals surface area (Å²) in [6, 6.07) is 1.59. The first-order chi connectivity index (χ1) is 9.12. The quantitative estimate of drug-likeness (QED) is 0.690. The molecular weight excluding hydrogens is 366 g/mol. The molecule has 0 unspecified atom stereocenters. The number of aromatic hydroxyl groups is 1. The van der Waals surface area contributed by atoms with Crippen LogP contribution in [0, 0.1) is 5.41 Å². The topological polar surface area (TPSA) is 110 Å². The summed E-state index contributed by atoms with van der Waals surface area (Å²) in [6.45, 7) is 3.12. The lowest BCUT2D eigenvalue weighted by atomic mass is 9.80. The van der Waals surface area contributed by atoms with E-state index in [1.54, 1.807) is 13.8 Å². The molecule has 1 aromatic rings. The van der Waals surface area contributed by atoms with Gasteiger partial charge in [-0.1, -0.05) is 0 Å². The Balaban J connectivity index is 0.00000400. The Morgan fingerprint density at radius 3 is 2.33 bits per heavy atom. The number of hydrogen-bond donors (Lipinski definition) is 3. The average molecular weight is 383 g/mol. The van der Waals surface area contributed by atoms with E-state index in [-0.39, 0.29) is 33.8 Å². The summed E-state index contributed by atoms with van der Waals surface area (Å²) in [6.07, 6.45) is 0. The number of aromatic carboxylic acids is 1. The molecule has 1 aromatic carbocycles. The minimum absolute atomic E-state index is 0. The maximum atomic E-state index is 11.8. The van der Waals surface area contributed by atoms with Gasteiger partial charge in [0.05, 0.1) is 22.6 Å². The highest BCUT2D eigenvalue weighted by Gasteiger charge is 2.38.